The van der Waals surface area contributed by atoms with Crippen LogP contribution >= 0.6 is 0 Å². The van der Waals surface area contributed by atoms with E-state index in [0.29, 0.717) is 6.61 Å². The van der Waals surface area contributed by atoms with Gasteiger partial charge in [0.1, 0.15) is 0 Å². The van der Waals surface area contributed by atoms with Crippen LogP contribution in [0.5, 0.6) is 0 Å². The monoisotopic (exact) mass is 281 g/mol. The normalized spacial score (nSPS) is 13.3. The fourth-order valence-corrected chi connectivity index (χ4v) is 1.85. The lowest BCUT2D eigenvalue weighted by atomic mass is 10.1. The molecule has 0 bridgehead atoms. The van der Waals surface area contributed by atoms with Crippen molar-refractivity contribution in [1.82, 2.24) is 5.06 Å². The molecule has 1 atom stereocenters. The predicted molar refractivity (Wildman–Crippen MR) is 75.7 cm³/mol. The van der Waals surface area contributed by atoms with Crippen molar-refractivity contribution in [3.63, 3.8) is 0 Å². The number of aliphatic hydroxyl groups is 1. The molecule has 1 aromatic carbocycles. The van der Waals surface area contributed by atoms with Crippen molar-refractivity contribution in [3.8, 4) is 0 Å². The maximum absolute atomic E-state index is 11.7. The molecule has 0 amide bonds. The van der Waals surface area contributed by atoms with Crippen molar-refractivity contribution >= 4 is 5.97 Å². The highest BCUT2D eigenvalue weighted by Gasteiger charge is 2.35. The Morgan fingerprint density at radius 2 is 1.90 bits per heavy atom. The Bertz CT molecular complexity index is 414. The topological polar surface area (TPSA) is 59.0 Å². The van der Waals surface area contributed by atoms with Crippen LogP contribution in [0.3, 0.4) is 0 Å². The molecule has 0 heterocycles. The molecule has 0 aliphatic carbocycles. The molecular formula is C15H23NO4. The molecule has 112 valence electrons. The maximum Gasteiger partial charge on any atom is 0.327 e. The fourth-order valence-electron chi connectivity index (χ4n) is 1.85. The maximum atomic E-state index is 11.7. The summed E-state index contributed by atoms with van der Waals surface area (Å²) in [6.45, 7) is 5.68. The third-order valence-electron chi connectivity index (χ3n) is 2.80. The molecule has 1 aromatic rings. The number of hydrogen-bond acceptors (Lipinski definition) is 5. The second-order valence-electron chi connectivity index (χ2n) is 5.48. The second-order valence-corrected chi connectivity index (χ2v) is 5.48. The van der Waals surface area contributed by atoms with Gasteiger partial charge in [-0.15, -0.1) is 0 Å². The highest BCUT2D eigenvalue weighted by atomic mass is 16.7. The molecular weight excluding hydrogens is 258 g/mol. The number of carbonyl (C=O) groups excluding carboxylic acids is 1. The Kier molecular flexibility index (Phi) is 6.13. The van der Waals surface area contributed by atoms with Gasteiger partial charge in [-0.1, -0.05) is 30.3 Å². The second kappa shape index (κ2) is 7.38. The van der Waals surface area contributed by atoms with Crippen LogP contribution in [-0.4, -0.2) is 41.4 Å². The quantitative estimate of drug-likeness (QED) is 0.636. The van der Waals surface area contributed by atoms with E-state index in [4.69, 9.17) is 9.57 Å². The first kappa shape index (κ1) is 16.6. The summed E-state index contributed by atoms with van der Waals surface area (Å²) in [7, 11) is 1.29. The Labute approximate surface area is 120 Å². The summed E-state index contributed by atoms with van der Waals surface area (Å²) in [5.41, 5.74) is 0.541. The highest BCUT2D eigenvalue weighted by Crippen LogP contribution is 2.20. The van der Waals surface area contributed by atoms with Crippen molar-refractivity contribution < 1.29 is 19.5 Å². The molecule has 0 saturated carbocycles. The van der Waals surface area contributed by atoms with Gasteiger partial charge in [0.05, 0.1) is 20.3 Å². The van der Waals surface area contributed by atoms with Crippen LogP contribution < -0.4 is 0 Å². The van der Waals surface area contributed by atoms with E-state index in [1.807, 2.05) is 51.1 Å². The van der Waals surface area contributed by atoms with Crippen LogP contribution in [-0.2, 0) is 21.0 Å². The first-order chi connectivity index (χ1) is 9.40. The summed E-state index contributed by atoms with van der Waals surface area (Å²) in [5.74, 6) is -0.518. The number of nitrogens with zero attached hydrogens (tertiary/aromatic N) is 1. The number of aliphatic hydroxyl groups excluding tert-OH is 1. The summed E-state index contributed by atoms with van der Waals surface area (Å²) < 4.78 is 4.71. The van der Waals surface area contributed by atoms with Crippen LogP contribution in [0.15, 0.2) is 30.3 Å². The molecule has 0 unspecified atom stereocenters. The van der Waals surface area contributed by atoms with Gasteiger partial charge < -0.3 is 9.84 Å². The summed E-state index contributed by atoms with van der Waals surface area (Å²) in [6, 6.07) is 8.80. The summed E-state index contributed by atoms with van der Waals surface area (Å²) in [4.78, 5) is 17.5. The molecule has 0 radical (unpaired) electrons. The molecule has 0 spiro atoms. The van der Waals surface area contributed by atoms with Gasteiger partial charge in [-0.05, 0) is 26.3 Å². The minimum atomic E-state index is -0.844. The van der Waals surface area contributed by atoms with Crippen molar-refractivity contribution in [3.05, 3.63) is 35.9 Å². The smallest absolute Gasteiger partial charge is 0.327 e. The number of ether oxygens (including phenoxy) is 1. The van der Waals surface area contributed by atoms with Crippen LogP contribution in [0.2, 0.25) is 0 Å². The Balaban J connectivity index is 2.82. The van der Waals surface area contributed by atoms with Crippen LogP contribution in [0.1, 0.15) is 26.3 Å². The number of esters is 1. The van der Waals surface area contributed by atoms with Gasteiger partial charge in [0.25, 0.3) is 0 Å². The molecule has 0 aliphatic rings. The van der Waals surface area contributed by atoms with Crippen molar-refractivity contribution in [2.75, 3.05) is 13.7 Å². The molecule has 0 aliphatic heterocycles. The lowest BCUT2D eigenvalue weighted by Gasteiger charge is -2.38. The van der Waals surface area contributed by atoms with Gasteiger partial charge in [0, 0.05) is 5.54 Å². The van der Waals surface area contributed by atoms with Gasteiger partial charge >= 0.3 is 5.97 Å². The zero-order valence-electron chi connectivity index (χ0n) is 12.5. The first-order valence-electron chi connectivity index (χ1n) is 6.55. The van der Waals surface area contributed by atoms with Crippen molar-refractivity contribution in [2.24, 2.45) is 0 Å². The van der Waals surface area contributed by atoms with Crippen LogP contribution in [0.4, 0.5) is 0 Å². The van der Waals surface area contributed by atoms with E-state index in [-0.39, 0.29) is 6.61 Å². The van der Waals surface area contributed by atoms with Crippen LogP contribution in [0, 0.1) is 0 Å². The molecule has 0 aromatic heterocycles. The number of hydroxylamine groups is 2. The zero-order valence-corrected chi connectivity index (χ0v) is 12.5. The predicted octanol–water partition coefficient (Wildman–Crippen LogP) is 1.75. The van der Waals surface area contributed by atoms with Crippen LogP contribution in [0.25, 0.3) is 0 Å². The third kappa shape index (κ3) is 4.59. The Morgan fingerprint density at radius 3 is 2.35 bits per heavy atom. The SMILES string of the molecule is COC(=O)[C@H](CO)N(OCc1ccccc1)C(C)(C)C. The Hall–Kier alpha value is -1.43. The van der Waals surface area contributed by atoms with E-state index in [1.54, 1.807) is 0 Å². The molecule has 0 fully saturated rings. The lowest BCUT2D eigenvalue weighted by molar-refractivity contribution is -0.251. The molecule has 20 heavy (non-hydrogen) atoms. The van der Waals surface area contributed by atoms with E-state index in [1.165, 1.54) is 12.2 Å². The molecule has 0 saturated heterocycles. The van der Waals surface area contributed by atoms with Gasteiger partial charge in [0.2, 0.25) is 0 Å². The lowest BCUT2D eigenvalue weighted by Crippen LogP contribution is -2.53. The highest BCUT2D eigenvalue weighted by molar-refractivity contribution is 5.75. The van der Waals surface area contributed by atoms with Gasteiger partial charge in [-0.2, -0.15) is 5.06 Å². The molecule has 5 nitrogen and oxygen atoms in total. The fraction of sp³-hybridized carbons (Fsp3) is 0.533. The van der Waals surface area contributed by atoms with Gasteiger partial charge in [-0.25, -0.2) is 0 Å². The Morgan fingerprint density at radius 1 is 1.30 bits per heavy atom. The molecule has 1 N–H and O–H groups in total. The van der Waals surface area contributed by atoms with E-state index >= 15 is 0 Å². The van der Waals surface area contributed by atoms with Gasteiger partial charge in [-0.3, -0.25) is 9.63 Å². The minimum absolute atomic E-state index is 0.325. The summed E-state index contributed by atoms with van der Waals surface area (Å²) in [5, 5.41) is 10.9. The third-order valence-corrected chi connectivity index (χ3v) is 2.80. The first-order valence-corrected chi connectivity index (χ1v) is 6.55. The van der Waals surface area contributed by atoms with Crippen molar-refractivity contribution in [2.45, 2.75) is 39.0 Å². The number of carbonyl (C=O) groups is 1. The largest absolute Gasteiger partial charge is 0.468 e. The minimum Gasteiger partial charge on any atom is -0.468 e. The molecule has 5 heteroatoms. The number of hydrogen-bond donors (Lipinski definition) is 1. The van der Waals surface area contributed by atoms with E-state index < -0.39 is 17.6 Å². The summed E-state index contributed by atoms with van der Waals surface area (Å²) in [6.07, 6.45) is 0. The van der Waals surface area contributed by atoms with E-state index in [0.717, 1.165) is 5.56 Å². The zero-order chi connectivity index (χ0) is 15.2. The standard InChI is InChI=1S/C15H23NO4/c1-15(2,3)16(13(10-17)14(18)19-4)20-11-12-8-6-5-7-9-12/h5-9,13,17H,10-11H2,1-4H3/t13-/m0/s1. The number of rotatable bonds is 6. The van der Waals surface area contributed by atoms with Crippen molar-refractivity contribution in [1.29, 1.82) is 0 Å². The number of benzene rings is 1. The van der Waals surface area contributed by atoms with E-state index in [2.05, 4.69) is 0 Å². The van der Waals surface area contributed by atoms with E-state index in [9.17, 15) is 9.90 Å². The average Bonchev–Trinajstić information content (AvgIpc) is 2.42. The van der Waals surface area contributed by atoms with Gasteiger partial charge in [0.15, 0.2) is 6.04 Å². The molecule has 1 rings (SSSR count). The average molecular weight is 281 g/mol. The number of methoxy groups -OCH3 is 1. The summed E-state index contributed by atoms with van der Waals surface area (Å²) >= 11 is 0.